The zero-order valence-corrected chi connectivity index (χ0v) is 10.4. The Bertz CT molecular complexity index is 446. The van der Waals surface area contributed by atoms with Crippen LogP contribution in [0.4, 0.5) is 0 Å². The molecule has 0 spiro atoms. The van der Waals surface area contributed by atoms with Crippen LogP contribution in [0.15, 0.2) is 30.4 Å². The Morgan fingerprint density at radius 3 is 3.00 bits per heavy atom. The van der Waals surface area contributed by atoms with E-state index in [-0.39, 0.29) is 11.7 Å². The average Bonchev–Trinajstić information content (AvgIpc) is 2.37. The molecule has 0 bridgehead atoms. The molecule has 0 heterocycles. The van der Waals surface area contributed by atoms with Gasteiger partial charge in [0.05, 0.1) is 7.11 Å². The largest absolute Gasteiger partial charge is 0.497 e. The number of carbonyl (C=O) groups is 1. The van der Waals surface area contributed by atoms with Crippen molar-refractivity contribution in [1.29, 1.82) is 0 Å². The molecular weight excluding hydrogens is 212 g/mol. The van der Waals surface area contributed by atoms with Crippen LogP contribution in [-0.2, 0) is 6.42 Å². The zero-order valence-electron chi connectivity index (χ0n) is 10.4. The number of rotatable bonds is 3. The number of aryl methyl sites for hydroxylation is 1. The summed E-state index contributed by atoms with van der Waals surface area (Å²) in [4.78, 5) is 12.2. The van der Waals surface area contributed by atoms with E-state index in [4.69, 9.17) is 4.74 Å². The number of Topliss-reactive ketones (excluding diaryl/α,β-unsaturated/α-hetero) is 1. The molecule has 0 saturated carbocycles. The van der Waals surface area contributed by atoms with E-state index in [1.165, 1.54) is 0 Å². The van der Waals surface area contributed by atoms with E-state index < -0.39 is 0 Å². The number of hydrogen-bond acceptors (Lipinski definition) is 2. The third kappa shape index (κ3) is 2.41. The van der Waals surface area contributed by atoms with Crippen molar-refractivity contribution in [1.82, 2.24) is 0 Å². The van der Waals surface area contributed by atoms with Crippen LogP contribution >= 0.6 is 0 Å². The Kier molecular flexibility index (Phi) is 3.62. The maximum absolute atomic E-state index is 12.2. The topological polar surface area (TPSA) is 26.3 Å². The van der Waals surface area contributed by atoms with Gasteiger partial charge in [0, 0.05) is 11.5 Å². The summed E-state index contributed by atoms with van der Waals surface area (Å²) in [5.41, 5.74) is 2.01. The Balaban J connectivity index is 2.24. The van der Waals surface area contributed by atoms with Crippen molar-refractivity contribution in [2.24, 2.45) is 5.92 Å². The van der Waals surface area contributed by atoms with Gasteiger partial charge in [0.25, 0.3) is 0 Å². The second-order valence-electron chi connectivity index (χ2n) is 4.43. The van der Waals surface area contributed by atoms with Crippen LogP contribution in [0, 0.1) is 5.92 Å². The molecule has 1 aliphatic rings. The maximum Gasteiger partial charge on any atom is 0.166 e. The molecule has 1 aromatic carbocycles. The van der Waals surface area contributed by atoms with E-state index in [1.807, 2.05) is 31.2 Å². The van der Waals surface area contributed by atoms with E-state index in [9.17, 15) is 4.79 Å². The van der Waals surface area contributed by atoms with Gasteiger partial charge in [-0.3, -0.25) is 4.79 Å². The summed E-state index contributed by atoms with van der Waals surface area (Å²) in [6, 6.07) is 5.76. The van der Waals surface area contributed by atoms with Crippen LogP contribution in [0.2, 0.25) is 0 Å². The summed E-state index contributed by atoms with van der Waals surface area (Å²) in [5, 5.41) is 0. The highest BCUT2D eigenvalue weighted by atomic mass is 16.5. The van der Waals surface area contributed by atoms with Crippen LogP contribution in [0.25, 0.3) is 0 Å². The molecule has 90 valence electrons. The summed E-state index contributed by atoms with van der Waals surface area (Å²) >= 11 is 0. The number of allylic oxidation sites excluding steroid dienone is 2. The Morgan fingerprint density at radius 2 is 2.29 bits per heavy atom. The molecule has 2 nitrogen and oxygen atoms in total. The van der Waals surface area contributed by atoms with Gasteiger partial charge in [0.2, 0.25) is 0 Å². The first-order valence-electron chi connectivity index (χ1n) is 6.08. The molecule has 1 unspecified atom stereocenters. The molecule has 1 aromatic rings. The first-order chi connectivity index (χ1) is 8.26. The molecule has 17 heavy (non-hydrogen) atoms. The van der Waals surface area contributed by atoms with Gasteiger partial charge in [-0.25, -0.2) is 0 Å². The molecule has 2 rings (SSSR count). The highest BCUT2D eigenvalue weighted by Gasteiger charge is 2.26. The second kappa shape index (κ2) is 5.17. The minimum Gasteiger partial charge on any atom is -0.497 e. The van der Waals surface area contributed by atoms with Gasteiger partial charge >= 0.3 is 0 Å². The number of ketones is 1. The van der Waals surface area contributed by atoms with Gasteiger partial charge in [0.15, 0.2) is 5.78 Å². The lowest BCUT2D eigenvalue weighted by Gasteiger charge is -2.22. The van der Waals surface area contributed by atoms with Crippen molar-refractivity contribution in [2.75, 3.05) is 7.11 Å². The highest BCUT2D eigenvalue weighted by Crippen LogP contribution is 2.30. The number of hydrogen-bond donors (Lipinski definition) is 0. The Labute approximate surface area is 102 Å². The maximum atomic E-state index is 12.2. The smallest absolute Gasteiger partial charge is 0.166 e. The third-order valence-electron chi connectivity index (χ3n) is 3.37. The minimum atomic E-state index is 0.159. The highest BCUT2D eigenvalue weighted by molar-refractivity contribution is 6.00. The number of methoxy groups -OCH3 is 1. The summed E-state index contributed by atoms with van der Waals surface area (Å²) in [6.07, 6.45) is 6.87. The molecule has 0 N–H and O–H groups in total. The van der Waals surface area contributed by atoms with Crippen molar-refractivity contribution in [3.8, 4) is 5.75 Å². The predicted molar refractivity (Wildman–Crippen MR) is 68.6 cm³/mol. The minimum absolute atomic E-state index is 0.159. The first kappa shape index (κ1) is 11.9. The van der Waals surface area contributed by atoms with Gasteiger partial charge in [-0.05, 0) is 49.9 Å². The van der Waals surface area contributed by atoms with E-state index in [1.54, 1.807) is 7.11 Å². The summed E-state index contributed by atoms with van der Waals surface area (Å²) in [6.45, 7) is 1.99. The van der Waals surface area contributed by atoms with E-state index in [0.717, 1.165) is 36.1 Å². The van der Waals surface area contributed by atoms with Crippen LogP contribution in [0.5, 0.6) is 5.75 Å². The molecule has 0 radical (unpaired) electrons. The molecule has 1 aliphatic carbocycles. The van der Waals surface area contributed by atoms with Crippen LogP contribution < -0.4 is 4.74 Å². The molecule has 0 amide bonds. The predicted octanol–water partition coefficient (Wildman–Crippen LogP) is 3.41. The molecular formula is C15H18O2. The third-order valence-corrected chi connectivity index (χ3v) is 3.37. The molecule has 0 aromatic heterocycles. The van der Waals surface area contributed by atoms with Crippen molar-refractivity contribution in [3.63, 3.8) is 0 Å². The Hall–Kier alpha value is -1.57. The van der Waals surface area contributed by atoms with Gasteiger partial charge in [-0.2, -0.15) is 0 Å². The monoisotopic (exact) mass is 230 g/mol. The molecule has 1 atom stereocenters. The fraction of sp³-hybridized carbons (Fsp3) is 0.400. The zero-order chi connectivity index (χ0) is 12.3. The average molecular weight is 230 g/mol. The number of carbonyl (C=O) groups excluding carboxylic acids is 1. The van der Waals surface area contributed by atoms with Crippen LogP contribution in [-0.4, -0.2) is 12.9 Å². The standard InChI is InChI=1S/C15H18O2/c1-3-4-5-11-6-7-12-10-13(17-2)8-9-14(12)15(11)16/h3-4,8-11H,5-7H2,1-2H3/b4-3+. The van der Waals surface area contributed by atoms with Crippen molar-refractivity contribution in [2.45, 2.75) is 26.2 Å². The van der Waals surface area contributed by atoms with Gasteiger partial charge in [-0.15, -0.1) is 0 Å². The molecule has 0 saturated heterocycles. The van der Waals surface area contributed by atoms with E-state index in [0.29, 0.717) is 0 Å². The van der Waals surface area contributed by atoms with E-state index >= 15 is 0 Å². The quantitative estimate of drug-likeness (QED) is 0.744. The van der Waals surface area contributed by atoms with Crippen LogP contribution in [0.3, 0.4) is 0 Å². The Morgan fingerprint density at radius 1 is 1.47 bits per heavy atom. The second-order valence-corrected chi connectivity index (χ2v) is 4.43. The lowest BCUT2D eigenvalue weighted by atomic mass is 9.81. The summed E-state index contributed by atoms with van der Waals surface area (Å²) in [7, 11) is 1.65. The fourth-order valence-electron chi connectivity index (χ4n) is 2.35. The summed E-state index contributed by atoms with van der Waals surface area (Å²) in [5.74, 6) is 1.28. The van der Waals surface area contributed by atoms with Crippen LogP contribution in [0.1, 0.15) is 35.7 Å². The number of benzene rings is 1. The van der Waals surface area contributed by atoms with Gasteiger partial charge in [-0.1, -0.05) is 12.2 Å². The van der Waals surface area contributed by atoms with Crippen molar-refractivity contribution in [3.05, 3.63) is 41.5 Å². The number of fused-ring (bicyclic) bond motifs is 1. The van der Waals surface area contributed by atoms with E-state index in [2.05, 4.69) is 6.08 Å². The SMILES string of the molecule is C/C=C/CC1CCc2cc(OC)ccc2C1=O. The normalized spacial score (nSPS) is 19.4. The van der Waals surface area contributed by atoms with Crippen molar-refractivity contribution < 1.29 is 9.53 Å². The van der Waals surface area contributed by atoms with Crippen molar-refractivity contribution >= 4 is 5.78 Å². The molecule has 0 aliphatic heterocycles. The lowest BCUT2D eigenvalue weighted by Crippen LogP contribution is -2.22. The van der Waals surface area contributed by atoms with Gasteiger partial charge in [0.1, 0.15) is 5.75 Å². The number of ether oxygens (including phenoxy) is 1. The van der Waals surface area contributed by atoms with Gasteiger partial charge < -0.3 is 4.74 Å². The molecule has 0 fully saturated rings. The fourth-order valence-corrected chi connectivity index (χ4v) is 2.35. The first-order valence-corrected chi connectivity index (χ1v) is 6.08. The lowest BCUT2D eigenvalue weighted by molar-refractivity contribution is 0.0903. The molecule has 2 heteroatoms. The summed E-state index contributed by atoms with van der Waals surface area (Å²) < 4.78 is 5.18.